The van der Waals surface area contributed by atoms with E-state index in [0.29, 0.717) is 30.8 Å². The molecule has 1 atom stereocenters. The topological polar surface area (TPSA) is 82.2 Å². The second-order valence-corrected chi connectivity index (χ2v) is 4.00. The molecule has 1 amide bonds. The highest BCUT2D eigenvalue weighted by molar-refractivity contribution is 5.95. The van der Waals surface area contributed by atoms with E-state index in [1.807, 2.05) is 6.92 Å². The highest BCUT2D eigenvalue weighted by Gasteiger charge is 2.16. The molecule has 0 aliphatic rings. The van der Waals surface area contributed by atoms with Crippen molar-refractivity contribution >= 4 is 5.91 Å². The molecule has 0 radical (unpaired) electrons. The molecule has 6 heteroatoms. The minimum atomic E-state index is -0.133. The van der Waals surface area contributed by atoms with Gasteiger partial charge in [-0.05, 0) is 19.9 Å². The highest BCUT2D eigenvalue weighted by atomic mass is 16.5. The van der Waals surface area contributed by atoms with Crippen LogP contribution in [0.15, 0.2) is 6.20 Å². The van der Waals surface area contributed by atoms with Gasteiger partial charge in [0.05, 0.1) is 23.9 Å². The number of carbonyl (C=O) groups excluding carboxylic acids is 1. The van der Waals surface area contributed by atoms with Gasteiger partial charge in [-0.2, -0.15) is 5.10 Å². The maximum atomic E-state index is 12.0. The summed E-state index contributed by atoms with van der Waals surface area (Å²) in [6.45, 7) is 2.78. The minimum absolute atomic E-state index is 0.0582. The molecular weight excluding hydrogens is 220 g/mol. The van der Waals surface area contributed by atoms with Gasteiger partial charge >= 0.3 is 0 Å². The molecule has 1 heterocycles. The Bertz CT molecular complexity index is 370. The first kappa shape index (κ1) is 13.7. The third-order valence-corrected chi connectivity index (χ3v) is 2.48. The number of ether oxygens (including phenoxy) is 1. The molecule has 0 bridgehead atoms. The molecule has 1 unspecified atom stereocenters. The molecule has 1 aromatic heterocycles. The zero-order valence-electron chi connectivity index (χ0n) is 10.6. The number of methoxy groups -OCH3 is 1. The quantitative estimate of drug-likeness (QED) is 0.723. The summed E-state index contributed by atoms with van der Waals surface area (Å²) in [7, 11) is 3.39. The molecular formula is C11H20N4O2. The molecule has 0 saturated heterocycles. The zero-order chi connectivity index (χ0) is 12.8. The SMILES string of the molecule is COCC(CCN)NC(=O)c1cn(C)nc1C. The summed E-state index contributed by atoms with van der Waals surface area (Å²) in [6.07, 6.45) is 2.40. The Balaban J connectivity index is 2.66. The molecule has 0 fully saturated rings. The molecule has 6 nitrogen and oxygen atoms in total. The van der Waals surface area contributed by atoms with Crippen LogP contribution in [0.1, 0.15) is 22.5 Å². The monoisotopic (exact) mass is 240 g/mol. The van der Waals surface area contributed by atoms with Crippen molar-refractivity contribution in [3.8, 4) is 0 Å². The normalized spacial score (nSPS) is 12.5. The maximum absolute atomic E-state index is 12.0. The summed E-state index contributed by atoms with van der Waals surface area (Å²) in [6, 6.07) is -0.0582. The summed E-state index contributed by atoms with van der Waals surface area (Å²) >= 11 is 0. The molecule has 17 heavy (non-hydrogen) atoms. The number of aryl methyl sites for hydroxylation is 2. The third-order valence-electron chi connectivity index (χ3n) is 2.48. The summed E-state index contributed by atoms with van der Waals surface area (Å²) < 4.78 is 6.66. The lowest BCUT2D eigenvalue weighted by Crippen LogP contribution is -2.39. The molecule has 0 aromatic carbocycles. The summed E-state index contributed by atoms with van der Waals surface area (Å²) in [5.74, 6) is -0.133. The van der Waals surface area contributed by atoms with Crippen molar-refractivity contribution in [1.29, 1.82) is 0 Å². The van der Waals surface area contributed by atoms with Crippen molar-refractivity contribution in [2.45, 2.75) is 19.4 Å². The number of rotatable bonds is 6. The fourth-order valence-corrected chi connectivity index (χ4v) is 1.69. The zero-order valence-corrected chi connectivity index (χ0v) is 10.6. The van der Waals surface area contributed by atoms with E-state index >= 15 is 0 Å². The van der Waals surface area contributed by atoms with E-state index in [-0.39, 0.29) is 11.9 Å². The van der Waals surface area contributed by atoms with Crippen molar-refractivity contribution in [3.63, 3.8) is 0 Å². The van der Waals surface area contributed by atoms with E-state index < -0.39 is 0 Å². The van der Waals surface area contributed by atoms with Crippen LogP contribution in [0.4, 0.5) is 0 Å². The van der Waals surface area contributed by atoms with Gasteiger partial charge < -0.3 is 15.8 Å². The fraction of sp³-hybridized carbons (Fsp3) is 0.636. The van der Waals surface area contributed by atoms with E-state index in [1.54, 1.807) is 25.0 Å². The van der Waals surface area contributed by atoms with E-state index in [2.05, 4.69) is 10.4 Å². The van der Waals surface area contributed by atoms with Gasteiger partial charge in [0.1, 0.15) is 0 Å². The fourth-order valence-electron chi connectivity index (χ4n) is 1.69. The molecule has 0 aliphatic heterocycles. The Morgan fingerprint density at radius 2 is 2.41 bits per heavy atom. The van der Waals surface area contributed by atoms with Gasteiger partial charge in [-0.3, -0.25) is 9.48 Å². The van der Waals surface area contributed by atoms with Crippen molar-refractivity contribution in [1.82, 2.24) is 15.1 Å². The number of nitrogens with two attached hydrogens (primary N) is 1. The largest absolute Gasteiger partial charge is 0.383 e. The third kappa shape index (κ3) is 3.83. The van der Waals surface area contributed by atoms with Gasteiger partial charge in [0.25, 0.3) is 5.91 Å². The van der Waals surface area contributed by atoms with Gasteiger partial charge in [-0.25, -0.2) is 0 Å². The Morgan fingerprint density at radius 1 is 1.71 bits per heavy atom. The molecule has 96 valence electrons. The van der Waals surface area contributed by atoms with E-state index in [9.17, 15) is 4.79 Å². The minimum Gasteiger partial charge on any atom is -0.383 e. The Kier molecular flexibility index (Phi) is 5.11. The lowest BCUT2D eigenvalue weighted by Gasteiger charge is -2.16. The summed E-state index contributed by atoms with van der Waals surface area (Å²) in [4.78, 5) is 12.0. The van der Waals surface area contributed by atoms with Crippen molar-refractivity contribution in [3.05, 3.63) is 17.5 Å². The van der Waals surface area contributed by atoms with Gasteiger partial charge in [0.2, 0.25) is 0 Å². The number of amides is 1. The molecule has 1 rings (SSSR count). The van der Waals surface area contributed by atoms with E-state index in [4.69, 9.17) is 10.5 Å². The van der Waals surface area contributed by atoms with Crippen LogP contribution in [0.2, 0.25) is 0 Å². The Labute approximate surface area is 101 Å². The van der Waals surface area contributed by atoms with Crippen LogP contribution >= 0.6 is 0 Å². The lowest BCUT2D eigenvalue weighted by atomic mass is 10.2. The first-order valence-corrected chi connectivity index (χ1v) is 5.58. The first-order chi connectivity index (χ1) is 8.08. The average molecular weight is 240 g/mol. The van der Waals surface area contributed by atoms with Crippen LogP contribution in [0, 0.1) is 6.92 Å². The van der Waals surface area contributed by atoms with Crippen LogP contribution in [0.25, 0.3) is 0 Å². The maximum Gasteiger partial charge on any atom is 0.255 e. The Hall–Kier alpha value is -1.40. The standard InChI is InChI=1S/C11H20N4O2/c1-8-10(6-15(2)14-8)11(16)13-9(4-5-12)7-17-3/h6,9H,4-5,7,12H2,1-3H3,(H,13,16). The molecule has 0 saturated carbocycles. The highest BCUT2D eigenvalue weighted by Crippen LogP contribution is 2.05. The number of nitrogens with zero attached hydrogens (tertiary/aromatic N) is 2. The average Bonchev–Trinajstić information content (AvgIpc) is 2.58. The number of nitrogens with one attached hydrogen (secondary N) is 1. The molecule has 1 aromatic rings. The number of hydrogen-bond donors (Lipinski definition) is 2. The van der Waals surface area contributed by atoms with Gasteiger partial charge in [-0.1, -0.05) is 0 Å². The Morgan fingerprint density at radius 3 is 2.88 bits per heavy atom. The van der Waals surface area contributed by atoms with Gasteiger partial charge in [0, 0.05) is 20.4 Å². The molecule has 3 N–H and O–H groups in total. The molecule has 0 aliphatic carbocycles. The summed E-state index contributed by atoms with van der Waals surface area (Å²) in [5.41, 5.74) is 6.79. The van der Waals surface area contributed by atoms with Crippen LogP contribution < -0.4 is 11.1 Å². The van der Waals surface area contributed by atoms with Crippen LogP contribution in [0.3, 0.4) is 0 Å². The van der Waals surface area contributed by atoms with Gasteiger partial charge in [-0.15, -0.1) is 0 Å². The van der Waals surface area contributed by atoms with Crippen LogP contribution in [-0.2, 0) is 11.8 Å². The predicted molar refractivity (Wildman–Crippen MR) is 64.7 cm³/mol. The molecule has 0 spiro atoms. The van der Waals surface area contributed by atoms with Crippen LogP contribution in [0.5, 0.6) is 0 Å². The summed E-state index contributed by atoms with van der Waals surface area (Å²) in [5, 5.41) is 7.02. The predicted octanol–water partition coefficient (Wildman–Crippen LogP) is -0.178. The number of carbonyl (C=O) groups is 1. The second-order valence-electron chi connectivity index (χ2n) is 4.00. The lowest BCUT2D eigenvalue weighted by molar-refractivity contribution is 0.0893. The van der Waals surface area contributed by atoms with Crippen molar-refractivity contribution in [2.75, 3.05) is 20.3 Å². The number of hydrogen-bond acceptors (Lipinski definition) is 4. The van der Waals surface area contributed by atoms with Crippen molar-refractivity contribution < 1.29 is 9.53 Å². The smallest absolute Gasteiger partial charge is 0.255 e. The van der Waals surface area contributed by atoms with E-state index in [1.165, 1.54) is 0 Å². The van der Waals surface area contributed by atoms with Crippen molar-refractivity contribution in [2.24, 2.45) is 12.8 Å². The number of aromatic nitrogens is 2. The van der Waals surface area contributed by atoms with Crippen LogP contribution in [-0.4, -0.2) is 42.0 Å². The first-order valence-electron chi connectivity index (χ1n) is 5.58. The van der Waals surface area contributed by atoms with E-state index in [0.717, 1.165) is 0 Å². The second kappa shape index (κ2) is 6.36. The van der Waals surface area contributed by atoms with Gasteiger partial charge in [0.15, 0.2) is 0 Å².